The molecular weight excluding hydrogens is 377 g/mol. The molecule has 0 aliphatic heterocycles. The Balaban J connectivity index is 0.00000400. The minimum atomic E-state index is 0. The summed E-state index contributed by atoms with van der Waals surface area (Å²) in [4.78, 5) is 4.57. The van der Waals surface area contributed by atoms with Crippen LogP contribution in [0, 0.1) is 0 Å². The number of allylic oxidation sites excluding steroid dienone is 1. The first-order chi connectivity index (χ1) is 9.80. The Morgan fingerprint density at radius 3 is 2.81 bits per heavy atom. The Hall–Kier alpha value is -1.24. The summed E-state index contributed by atoms with van der Waals surface area (Å²) in [5.41, 5.74) is 1.13. The average molecular weight is 403 g/mol. The van der Waals surface area contributed by atoms with Crippen molar-refractivity contribution < 1.29 is 4.74 Å². The molecule has 0 amide bonds. The molecule has 0 aromatic heterocycles. The Morgan fingerprint density at radius 2 is 2.14 bits per heavy atom. The summed E-state index contributed by atoms with van der Waals surface area (Å²) in [6, 6.07) is 7.98. The molecule has 0 saturated heterocycles. The van der Waals surface area contributed by atoms with Crippen LogP contribution in [0.15, 0.2) is 41.4 Å². The van der Waals surface area contributed by atoms with Crippen LogP contribution in [0.2, 0.25) is 0 Å². The van der Waals surface area contributed by atoms with Gasteiger partial charge in [-0.15, -0.1) is 24.0 Å². The maximum Gasteiger partial charge on any atom is 0.191 e. The number of hydrogen-bond donors (Lipinski definition) is 2. The van der Waals surface area contributed by atoms with Gasteiger partial charge in [0.05, 0.1) is 13.7 Å². The molecule has 0 bridgehead atoms. The molecule has 0 unspecified atom stereocenters. The maximum atomic E-state index is 5.21. The van der Waals surface area contributed by atoms with Gasteiger partial charge in [0, 0.05) is 13.1 Å². The third-order valence-corrected chi connectivity index (χ3v) is 2.74. The fourth-order valence-electron chi connectivity index (χ4n) is 1.72. The summed E-state index contributed by atoms with van der Waals surface area (Å²) >= 11 is 0. The van der Waals surface area contributed by atoms with Crippen molar-refractivity contribution in [3.05, 3.63) is 42.0 Å². The zero-order valence-corrected chi connectivity index (χ0v) is 15.4. The van der Waals surface area contributed by atoms with Gasteiger partial charge >= 0.3 is 0 Å². The quantitative estimate of drug-likeness (QED) is 0.241. The molecule has 118 valence electrons. The highest BCUT2D eigenvalue weighted by atomic mass is 127. The lowest BCUT2D eigenvalue weighted by molar-refractivity contribution is 0.414. The van der Waals surface area contributed by atoms with Gasteiger partial charge in [0.1, 0.15) is 5.75 Å². The first-order valence-corrected chi connectivity index (χ1v) is 7.06. The Labute approximate surface area is 145 Å². The lowest BCUT2D eigenvalue weighted by Crippen LogP contribution is -2.37. The second-order valence-electron chi connectivity index (χ2n) is 4.33. The zero-order valence-electron chi connectivity index (χ0n) is 13.1. The molecule has 0 atom stereocenters. The van der Waals surface area contributed by atoms with Crippen molar-refractivity contribution >= 4 is 29.9 Å². The second kappa shape index (κ2) is 12.5. The molecule has 0 aliphatic rings. The van der Waals surface area contributed by atoms with Gasteiger partial charge in [-0.2, -0.15) is 0 Å². The van der Waals surface area contributed by atoms with Gasteiger partial charge in [-0.3, -0.25) is 0 Å². The lowest BCUT2D eigenvalue weighted by atomic mass is 10.2. The van der Waals surface area contributed by atoms with Crippen molar-refractivity contribution in [3.63, 3.8) is 0 Å². The van der Waals surface area contributed by atoms with Gasteiger partial charge in [-0.25, -0.2) is 4.99 Å². The van der Waals surface area contributed by atoms with E-state index in [1.807, 2.05) is 25.1 Å². The summed E-state index contributed by atoms with van der Waals surface area (Å²) in [5.74, 6) is 1.71. The van der Waals surface area contributed by atoms with Crippen LogP contribution >= 0.6 is 24.0 Å². The van der Waals surface area contributed by atoms with Gasteiger partial charge in [0.2, 0.25) is 0 Å². The van der Waals surface area contributed by atoms with E-state index in [1.54, 1.807) is 7.11 Å². The molecule has 0 saturated carbocycles. The van der Waals surface area contributed by atoms with E-state index in [2.05, 4.69) is 40.8 Å². The smallest absolute Gasteiger partial charge is 0.191 e. The second-order valence-corrected chi connectivity index (χ2v) is 4.33. The van der Waals surface area contributed by atoms with Crippen molar-refractivity contribution in [2.24, 2.45) is 4.99 Å². The predicted octanol–water partition coefficient (Wildman–Crippen LogP) is 3.33. The molecule has 0 spiro atoms. The molecule has 0 heterocycles. The Morgan fingerprint density at radius 1 is 1.33 bits per heavy atom. The van der Waals surface area contributed by atoms with E-state index >= 15 is 0 Å². The van der Waals surface area contributed by atoms with E-state index in [1.165, 1.54) is 0 Å². The summed E-state index contributed by atoms with van der Waals surface area (Å²) in [7, 11) is 1.68. The highest BCUT2D eigenvalue weighted by Gasteiger charge is 1.98. The fourth-order valence-corrected chi connectivity index (χ4v) is 1.72. The van der Waals surface area contributed by atoms with Crippen LogP contribution in [0.5, 0.6) is 5.75 Å². The number of hydrogen-bond acceptors (Lipinski definition) is 2. The Bertz CT molecular complexity index is 447. The van der Waals surface area contributed by atoms with Crippen molar-refractivity contribution in [1.82, 2.24) is 10.6 Å². The normalized spacial score (nSPS) is 11.1. The highest BCUT2D eigenvalue weighted by Crippen LogP contribution is 2.12. The van der Waals surface area contributed by atoms with Crippen LogP contribution in [-0.2, 0) is 6.54 Å². The van der Waals surface area contributed by atoms with Gasteiger partial charge in [-0.05, 0) is 38.0 Å². The summed E-state index contributed by atoms with van der Waals surface area (Å²) in [6.45, 7) is 6.47. The predicted molar refractivity (Wildman–Crippen MR) is 101 cm³/mol. The van der Waals surface area contributed by atoms with Crippen molar-refractivity contribution in [1.29, 1.82) is 0 Å². The van der Waals surface area contributed by atoms with Gasteiger partial charge in [-0.1, -0.05) is 24.3 Å². The number of aliphatic imine (C=N–C) groups is 1. The average Bonchev–Trinajstić information content (AvgIpc) is 2.49. The lowest BCUT2D eigenvalue weighted by Gasteiger charge is -2.10. The standard InChI is InChI=1S/C16H25N3O.HI/c1-4-6-7-11-18-16(17-5-2)19-13-14-9-8-10-15(12-14)20-3;/h4,6,8-10,12H,5,7,11,13H2,1-3H3,(H2,17,18,19);1H. The third-order valence-electron chi connectivity index (χ3n) is 2.74. The van der Waals surface area contributed by atoms with Crippen molar-refractivity contribution in [2.75, 3.05) is 20.2 Å². The molecule has 0 radical (unpaired) electrons. The molecule has 1 aromatic carbocycles. The molecule has 2 N–H and O–H groups in total. The van der Waals surface area contributed by atoms with E-state index in [-0.39, 0.29) is 24.0 Å². The Kier molecular flexibility index (Phi) is 11.8. The molecule has 4 nitrogen and oxygen atoms in total. The number of nitrogens with zero attached hydrogens (tertiary/aromatic N) is 1. The first-order valence-electron chi connectivity index (χ1n) is 7.06. The zero-order chi connectivity index (χ0) is 14.6. The van der Waals surface area contributed by atoms with Gasteiger partial charge in [0.15, 0.2) is 5.96 Å². The van der Waals surface area contributed by atoms with Gasteiger partial charge < -0.3 is 15.4 Å². The maximum absolute atomic E-state index is 5.21. The number of methoxy groups -OCH3 is 1. The van der Waals surface area contributed by atoms with E-state index < -0.39 is 0 Å². The van der Waals surface area contributed by atoms with E-state index in [4.69, 9.17) is 4.74 Å². The number of halogens is 1. The molecule has 1 rings (SSSR count). The number of guanidine groups is 1. The molecule has 1 aromatic rings. The molecule has 0 fully saturated rings. The van der Waals surface area contributed by atoms with Crippen LogP contribution in [0.4, 0.5) is 0 Å². The largest absolute Gasteiger partial charge is 0.497 e. The van der Waals surface area contributed by atoms with E-state index in [0.29, 0.717) is 6.54 Å². The molecular formula is C16H26IN3O. The first kappa shape index (κ1) is 19.8. The van der Waals surface area contributed by atoms with Gasteiger partial charge in [0.25, 0.3) is 0 Å². The summed E-state index contributed by atoms with van der Waals surface area (Å²) < 4.78 is 5.21. The summed E-state index contributed by atoms with van der Waals surface area (Å²) in [5, 5.41) is 6.55. The van der Waals surface area contributed by atoms with Crippen LogP contribution < -0.4 is 15.4 Å². The SMILES string of the molecule is CC=CCCNC(=NCc1cccc(OC)c1)NCC.I. The number of ether oxygens (including phenoxy) is 1. The monoisotopic (exact) mass is 403 g/mol. The fraction of sp³-hybridized carbons (Fsp3) is 0.438. The highest BCUT2D eigenvalue weighted by molar-refractivity contribution is 14.0. The van der Waals surface area contributed by atoms with Crippen LogP contribution in [0.1, 0.15) is 25.8 Å². The molecule has 0 aliphatic carbocycles. The van der Waals surface area contributed by atoms with Crippen LogP contribution in [-0.4, -0.2) is 26.2 Å². The van der Waals surface area contributed by atoms with E-state index in [0.717, 1.165) is 36.8 Å². The van der Waals surface area contributed by atoms with Crippen LogP contribution in [0.25, 0.3) is 0 Å². The minimum absolute atomic E-state index is 0. The van der Waals surface area contributed by atoms with Crippen molar-refractivity contribution in [3.8, 4) is 5.75 Å². The third kappa shape index (κ3) is 8.60. The number of nitrogens with one attached hydrogen (secondary N) is 2. The van der Waals surface area contributed by atoms with Crippen molar-refractivity contribution in [2.45, 2.75) is 26.8 Å². The van der Waals surface area contributed by atoms with E-state index in [9.17, 15) is 0 Å². The topological polar surface area (TPSA) is 45.7 Å². The summed E-state index contributed by atoms with van der Waals surface area (Å²) in [6.07, 6.45) is 5.20. The minimum Gasteiger partial charge on any atom is -0.497 e. The molecule has 21 heavy (non-hydrogen) atoms. The molecule has 5 heteroatoms. The number of rotatable bonds is 7. The van der Waals surface area contributed by atoms with Crippen LogP contribution in [0.3, 0.4) is 0 Å². The number of benzene rings is 1.